The normalized spacial score (nSPS) is 17.3. The number of halogens is 1. The van der Waals surface area contributed by atoms with Gasteiger partial charge in [0, 0.05) is 24.1 Å². The predicted molar refractivity (Wildman–Crippen MR) is 121 cm³/mol. The number of aromatic amines is 1. The van der Waals surface area contributed by atoms with Gasteiger partial charge in [0.15, 0.2) is 0 Å². The number of likely N-dealkylation sites (tertiary alicyclic amines) is 1. The van der Waals surface area contributed by atoms with Gasteiger partial charge in [-0.05, 0) is 42.5 Å². The highest BCUT2D eigenvalue weighted by molar-refractivity contribution is 6.46. The molecule has 0 radical (unpaired) electrons. The Morgan fingerprint density at radius 3 is 2.56 bits per heavy atom. The van der Waals surface area contributed by atoms with E-state index in [0.29, 0.717) is 30.0 Å². The summed E-state index contributed by atoms with van der Waals surface area (Å²) in [6, 6.07) is 9.24. The molecule has 0 bridgehead atoms. The number of ketones is 1. The third-order valence-corrected chi connectivity index (χ3v) is 5.81. The molecule has 1 saturated heterocycles. The van der Waals surface area contributed by atoms with Gasteiger partial charge in [0.2, 0.25) is 6.33 Å². The van der Waals surface area contributed by atoms with Crippen molar-refractivity contribution in [2.45, 2.75) is 19.0 Å². The zero-order valence-corrected chi connectivity index (χ0v) is 18.8. The number of hydrogen-bond donors (Lipinski definition) is 2. The molecule has 0 spiro atoms. The Hall–Kier alpha value is -4.14. The average Bonchev–Trinajstić information content (AvgIpc) is 3.46. The number of aryl methyl sites for hydroxylation is 1. The van der Waals surface area contributed by atoms with Crippen molar-refractivity contribution in [3.8, 4) is 11.5 Å². The number of imidazole rings is 1. The molecule has 0 saturated carbocycles. The number of benzene rings is 2. The second-order valence-electron chi connectivity index (χ2n) is 7.81. The summed E-state index contributed by atoms with van der Waals surface area (Å²) in [6.07, 6.45) is 6.02. The predicted octanol–water partition coefficient (Wildman–Crippen LogP) is 2.97. The number of carbonyl (C=O) groups excluding carboxylic acids is 2. The van der Waals surface area contributed by atoms with Crippen LogP contribution in [0.2, 0.25) is 0 Å². The van der Waals surface area contributed by atoms with Crippen LogP contribution in [-0.2, 0) is 16.1 Å². The van der Waals surface area contributed by atoms with Crippen LogP contribution < -0.4 is 14.0 Å². The Labute approximate surface area is 195 Å². The second-order valence-corrected chi connectivity index (χ2v) is 7.81. The van der Waals surface area contributed by atoms with Crippen molar-refractivity contribution in [3.63, 3.8) is 0 Å². The van der Waals surface area contributed by atoms with E-state index in [2.05, 4.69) is 4.98 Å². The van der Waals surface area contributed by atoms with Crippen LogP contribution in [0.4, 0.5) is 4.39 Å². The van der Waals surface area contributed by atoms with Crippen molar-refractivity contribution in [2.75, 3.05) is 20.8 Å². The molecule has 34 heavy (non-hydrogen) atoms. The number of hydrogen-bond acceptors (Lipinski definition) is 5. The lowest BCUT2D eigenvalue weighted by Crippen LogP contribution is -2.36. The van der Waals surface area contributed by atoms with Crippen molar-refractivity contribution < 1.29 is 33.1 Å². The molecule has 2 heterocycles. The van der Waals surface area contributed by atoms with E-state index in [1.807, 2.05) is 10.8 Å². The van der Waals surface area contributed by atoms with E-state index in [9.17, 15) is 19.1 Å². The third-order valence-electron chi connectivity index (χ3n) is 5.81. The van der Waals surface area contributed by atoms with Crippen LogP contribution >= 0.6 is 0 Å². The van der Waals surface area contributed by atoms with E-state index >= 15 is 0 Å². The lowest BCUT2D eigenvalue weighted by atomic mass is 9.94. The maximum atomic E-state index is 13.4. The first-order valence-electron chi connectivity index (χ1n) is 10.7. The van der Waals surface area contributed by atoms with Crippen LogP contribution in [0.5, 0.6) is 11.5 Å². The fourth-order valence-electron chi connectivity index (χ4n) is 4.13. The van der Waals surface area contributed by atoms with Crippen molar-refractivity contribution in [2.24, 2.45) is 0 Å². The fourth-order valence-corrected chi connectivity index (χ4v) is 4.13. The molecule has 3 aromatic rings. The third kappa shape index (κ3) is 4.36. The SMILES string of the molecule is COc1ccc(OC)c(C2/C(=C(\O)c3ccc(F)cc3)C(=O)C(=O)N2CCC[n+]2cc[nH]c2)c1. The quantitative estimate of drug-likeness (QED) is 0.230. The summed E-state index contributed by atoms with van der Waals surface area (Å²) in [5, 5.41) is 11.1. The van der Waals surface area contributed by atoms with Gasteiger partial charge in [-0.25, -0.2) is 8.96 Å². The van der Waals surface area contributed by atoms with Gasteiger partial charge in [0.1, 0.15) is 35.5 Å². The summed E-state index contributed by atoms with van der Waals surface area (Å²) in [4.78, 5) is 30.7. The Kier molecular flexibility index (Phi) is 6.62. The van der Waals surface area contributed by atoms with Gasteiger partial charge in [-0.1, -0.05) is 0 Å². The average molecular weight is 466 g/mol. The summed E-state index contributed by atoms with van der Waals surface area (Å²) in [5.74, 6) is -1.46. The Morgan fingerprint density at radius 1 is 1.15 bits per heavy atom. The summed E-state index contributed by atoms with van der Waals surface area (Å²) in [7, 11) is 3.00. The number of amides is 1. The zero-order chi connectivity index (χ0) is 24.2. The Morgan fingerprint density at radius 2 is 1.91 bits per heavy atom. The molecular weight excluding hydrogens is 441 g/mol. The number of H-pyrrole nitrogens is 1. The van der Waals surface area contributed by atoms with Crippen LogP contribution in [-0.4, -0.2) is 47.4 Å². The number of nitrogens with zero attached hydrogens (tertiary/aromatic N) is 2. The van der Waals surface area contributed by atoms with E-state index in [-0.39, 0.29) is 23.4 Å². The molecule has 8 nitrogen and oxygen atoms in total. The maximum absolute atomic E-state index is 13.4. The smallest absolute Gasteiger partial charge is 0.295 e. The number of aliphatic hydroxyl groups is 1. The van der Waals surface area contributed by atoms with Crippen LogP contribution in [0.1, 0.15) is 23.6 Å². The minimum absolute atomic E-state index is 0.0857. The number of Topliss-reactive ketones (excluding diaryl/α,β-unsaturated/α-hetero) is 1. The summed E-state index contributed by atoms with van der Waals surface area (Å²) in [6.45, 7) is 0.875. The Bertz CT molecular complexity index is 1220. The molecule has 1 aliphatic rings. The van der Waals surface area contributed by atoms with E-state index in [1.165, 1.54) is 43.4 Å². The standard InChI is InChI=1S/C25H24FN3O5/c1-33-18-8-9-20(34-2)19(14-18)22-21(23(30)16-4-6-17(26)7-5-16)24(31)25(32)29(22)12-3-11-28-13-10-27-15-28/h4-10,13-15,22H,3,11-12H2,1-2H3,(H,30,31)/p+1. The molecule has 0 aliphatic carbocycles. The van der Waals surface area contributed by atoms with Crippen molar-refractivity contribution in [3.05, 3.63) is 83.7 Å². The minimum Gasteiger partial charge on any atom is -0.507 e. The summed E-state index contributed by atoms with van der Waals surface area (Å²) < 4.78 is 26.3. The van der Waals surface area contributed by atoms with E-state index in [1.54, 1.807) is 30.7 Å². The molecule has 1 aromatic heterocycles. The lowest BCUT2D eigenvalue weighted by molar-refractivity contribution is -0.695. The minimum atomic E-state index is -0.911. The van der Waals surface area contributed by atoms with E-state index in [4.69, 9.17) is 9.47 Å². The molecule has 2 N–H and O–H groups in total. The van der Waals surface area contributed by atoms with Gasteiger partial charge in [-0.3, -0.25) is 14.6 Å². The van der Waals surface area contributed by atoms with E-state index in [0.717, 1.165) is 0 Å². The first-order valence-corrected chi connectivity index (χ1v) is 10.7. The molecule has 1 aliphatic heterocycles. The monoisotopic (exact) mass is 466 g/mol. The highest BCUT2D eigenvalue weighted by Crippen LogP contribution is 2.43. The number of rotatable bonds is 8. The first kappa shape index (κ1) is 23.0. The molecule has 1 fully saturated rings. The van der Waals surface area contributed by atoms with Gasteiger partial charge >= 0.3 is 0 Å². The van der Waals surface area contributed by atoms with Gasteiger partial charge in [-0.15, -0.1) is 0 Å². The van der Waals surface area contributed by atoms with Gasteiger partial charge in [0.05, 0.1) is 32.4 Å². The van der Waals surface area contributed by atoms with Crippen molar-refractivity contribution >= 4 is 17.4 Å². The number of aromatic nitrogens is 2. The lowest BCUT2D eigenvalue weighted by Gasteiger charge is -2.26. The van der Waals surface area contributed by atoms with Crippen LogP contribution in [0.15, 0.2) is 66.8 Å². The highest BCUT2D eigenvalue weighted by atomic mass is 19.1. The number of nitrogens with one attached hydrogen (secondary N) is 1. The van der Waals surface area contributed by atoms with Crippen LogP contribution in [0, 0.1) is 5.82 Å². The number of aliphatic hydroxyl groups excluding tert-OH is 1. The topological polar surface area (TPSA) is 95.7 Å². The van der Waals surface area contributed by atoms with Crippen molar-refractivity contribution in [1.29, 1.82) is 0 Å². The molecule has 1 unspecified atom stereocenters. The number of carbonyl (C=O) groups is 2. The molecule has 1 atom stereocenters. The summed E-state index contributed by atoms with van der Waals surface area (Å²) in [5.41, 5.74) is 0.644. The van der Waals surface area contributed by atoms with Gasteiger partial charge < -0.3 is 19.5 Å². The van der Waals surface area contributed by atoms with E-state index < -0.39 is 23.5 Å². The number of ether oxygens (including phenoxy) is 2. The number of methoxy groups -OCH3 is 2. The largest absolute Gasteiger partial charge is 0.507 e. The highest BCUT2D eigenvalue weighted by Gasteiger charge is 2.47. The van der Waals surface area contributed by atoms with Gasteiger partial charge in [-0.2, -0.15) is 0 Å². The molecule has 176 valence electrons. The van der Waals surface area contributed by atoms with Gasteiger partial charge in [0.25, 0.3) is 11.7 Å². The second kappa shape index (κ2) is 9.78. The molecule has 1 amide bonds. The van der Waals surface area contributed by atoms with Crippen molar-refractivity contribution in [1.82, 2.24) is 9.88 Å². The molecule has 9 heteroatoms. The summed E-state index contributed by atoms with van der Waals surface area (Å²) >= 11 is 0. The van der Waals surface area contributed by atoms with Crippen LogP contribution in [0.25, 0.3) is 5.76 Å². The molecule has 2 aromatic carbocycles. The molecular formula is C25H25FN3O5+. The molecule has 4 rings (SSSR count). The Balaban J connectivity index is 1.81. The zero-order valence-electron chi connectivity index (χ0n) is 18.8. The maximum Gasteiger partial charge on any atom is 0.295 e. The van der Waals surface area contributed by atoms with Crippen LogP contribution in [0.3, 0.4) is 0 Å². The fraction of sp³-hybridized carbons (Fsp3) is 0.240. The first-order chi connectivity index (χ1) is 16.4.